The Labute approximate surface area is 140 Å². The minimum Gasteiger partial charge on any atom is -0.494 e. The summed E-state index contributed by atoms with van der Waals surface area (Å²) in [4.78, 5) is 23.6. The summed E-state index contributed by atoms with van der Waals surface area (Å²) in [6, 6.07) is 15.9. The van der Waals surface area contributed by atoms with E-state index in [1.807, 2.05) is 37.3 Å². The molecule has 0 fully saturated rings. The Morgan fingerprint density at radius 1 is 0.875 bits per heavy atom. The molecule has 0 aromatic heterocycles. The molecule has 0 unspecified atom stereocenters. The van der Waals surface area contributed by atoms with Crippen LogP contribution < -0.4 is 20.3 Å². The van der Waals surface area contributed by atoms with Crippen LogP contribution in [0.25, 0.3) is 0 Å². The van der Waals surface area contributed by atoms with Crippen molar-refractivity contribution in [2.75, 3.05) is 13.2 Å². The summed E-state index contributed by atoms with van der Waals surface area (Å²) >= 11 is 0. The van der Waals surface area contributed by atoms with Gasteiger partial charge in [-0.3, -0.25) is 20.4 Å². The van der Waals surface area contributed by atoms with Crippen LogP contribution in [0, 0.1) is 0 Å². The van der Waals surface area contributed by atoms with Crippen LogP contribution in [0.2, 0.25) is 0 Å². The molecule has 0 aliphatic rings. The van der Waals surface area contributed by atoms with Gasteiger partial charge in [0.2, 0.25) is 5.91 Å². The minimum absolute atomic E-state index is 0.137. The SMILES string of the molecule is CCOc1ccc(C(=O)NNC(=O)CCOc2ccccc2)cc1. The van der Waals surface area contributed by atoms with Crippen LogP contribution in [0.4, 0.5) is 0 Å². The van der Waals surface area contributed by atoms with Gasteiger partial charge in [-0.1, -0.05) is 18.2 Å². The highest BCUT2D eigenvalue weighted by Gasteiger charge is 2.07. The third-order valence-electron chi connectivity index (χ3n) is 3.08. The van der Waals surface area contributed by atoms with Gasteiger partial charge in [0.1, 0.15) is 11.5 Å². The summed E-state index contributed by atoms with van der Waals surface area (Å²) in [6.07, 6.45) is 0.137. The number of hydrogen-bond acceptors (Lipinski definition) is 4. The first kappa shape index (κ1) is 17.3. The summed E-state index contributed by atoms with van der Waals surface area (Å²) in [6.45, 7) is 2.68. The lowest BCUT2D eigenvalue weighted by atomic mass is 10.2. The molecule has 0 aliphatic heterocycles. The zero-order valence-corrected chi connectivity index (χ0v) is 13.5. The number of hydrogen-bond donors (Lipinski definition) is 2. The molecule has 0 atom stereocenters. The number of ether oxygens (including phenoxy) is 2. The standard InChI is InChI=1S/C18H20N2O4/c1-2-23-16-10-8-14(9-11-16)18(22)20-19-17(21)12-13-24-15-6-4-3-5-7-15/h3-11H,2,12-13H2,1H3,(H,19,21)(H,20,22). The fraction of sp³-hybridized carbons (Fsp3) is 0.222. The van der Waals surface area contributed by atoms with E-state index in [1.165, 1.54) is 0 Å². The first-order valence-corrected chi connectivity index (χ1v) is 7.69. The van der Waals surface area contributed by atoms with Gasteiger partial charge in [0.15, 0.2) is 0 Å². The molecule has 0 saturated heterocycles. The lowest BCUT2D eigenvalue weighted by Gasteiger charge is -2.09. The summed E-state index contributed by atoms with van der Waals surface area (Å²) in [7, 11) is 0. The second kappa shape index (κ2) is 9.19. The van der Waals surface area contributed by atoms with Gasteiger partial charge >= 0.3 is 0 Å². The Bertz CT molecular complexity index is 656. The van der Waals surface area contributed by atoms with Gasteiger partial charge in [-0.05, 0) is 43.3 Å². The number of carbonyl (C=O) groups is 2. The van der Waals surface area contributed by atoms with Crippen molar-refractivity contribution < 1.29 is 19.1 Å². The van der Waals surface area contributed by atoms with E-state index in [1.54, 1.807) is 24.3 Å². The van der Waals surface area contributed by atoms with Crippen LogP contribution in [0.5, 0.6) is 11.5 Å². The third-order valence-corrected chi connectivity index (χ3v) is 3.08. The molecular formula is C18H20N2O4. The third kappa shape index (κ3) is 5.64. The molecule has 0 heterocycles. The molecule has 24 heavy (non-hydrogen) atoms. The predicted octanol–water partition coefficient (Wildman–Crippen LogP) is 2.32. The van der Waals surface area contributed by atoms with Gasteiger partial charge in [0.05, 0.1) is 19.6 Å². The summed E-state index contributed by atoms with van der Waals surface area (Å²) in [5, 5.41) is 0. The van der Waals surface area contributed by atoms with Crippen molar-refractivity contribution >= 4 is 11.8 Å². The highest BCUT2D eigenvalue weighted by Crippen LogP contribution is 2.11. The maximum Gasteiger partial charge on any atom is 0.269 e. The average molecular weight is 328 g/mol. The maximum atomic E-state index is 11.9. The van der Waals surface area contributed by atoms with E-state index in [-0.39, 0.29) is 18.9 Å². The van der Waals surface area contributed by atoms with Crippen molar-refractivity contribution in [2.24, 2.45) is 0 Å². The first-order chi connectivity index (χ1) is 11.7. The van der Waals surface area contributed by atoms with E-state index in [4.69, 9.17) is 9.47 Å². The number of carbonyl (C=O) groups excluding carboxylic acids is 2. The van der Waals surface area contributed by atoms with Crippen molar-refractivity contribution in [3.8, 4) is 11.5 Å². The van der Waals surface area contributed by atoms with Gasteiger partial charge < -0.3 is 9.47 Å². The quantitative estimate of drug-likeness (QED) is 0.765. The molecular weight excluding hydrogens is 308 g/mol. The van der Waals surface area contributed by atoms with E-state index < -0.39 is 5.91 Å². The van der Waals surface area contributed by atoms with Crippen LogP contribution in [0.3, 0.4) is 0 Å². The Hall–Kier alpha value is -3.02. The Balaban J connectivity index is 1.69. The lowest BCUT2D eigenvalue weighted by Crippen LogP contribution is -2.42. The van der Waals surface area contributed by atoms with Crippen LogP contribution in [0.15, 0.2) is 54.6 Å². The molecule has 126 valence electrons. The molecule has 2 rings (SSSR count). The fourth-order valence-electron chi connectivity index (χ4n) is 1.91. The molecule has 0 bridgehead atoms. The molecule has 2 aromatic carbocycles. The largest absolute Gasteiger partial charge is 0.494 e. The van der Waals surface area contributed by atoms with E-state index in [2.05, 4.69) is 10.9 Å². The maximum absolute atomic E-state index is 11.9. The minimum atomic E-state index is -0.393. The molecule has 0 aliphatic carbocycles. The molecule has 2 N–H and O–H groups in total. The molecule has 6 heteroatoms. The normalized spacial score (nSPS) is 9.88. The number of para-hydroxylation sites is 1. The zero-order valence-electron chi connectivity index (χ0n) is 13.5. The predicted molar refractivity (Wildman–Crippen MR) is 89.8 cm³/mol. The van der Waals surface area contributed by atoms with Gasteiger partial charge in [-0.25, -0.2) is 0 Å². The van der Waals surface area contributed by atoms with Crippen LogP contribution in [-0.4, -0.2) is 25.0 Å². The van der Waals surface area contributed by atoms with E-state index >= 15 is 0 Å². The van der Waals surface area contributed by atoms with Gasteiger partial charge in [-0.15, -0.1) is 0 Å². The second-order valence-corrected chi connectivity index (χ2v) is 4.87. The first-order valence-electron chi connectivity index (χ1n) is 7.69. The number of nitrogens with one attached hydrogen (secondary N) is 2. The molecule has 0 spiro atoms. The van der Waals surface area contributed by atoms with Crippen LogP contribution in [-0.2, 0) is 4.79 Å². The number of hydrazine groups is 1. The molecule has 0 radical (unpaired) electrons. The van der Waals surface area contributed by atoms with Crippen molar-refractivity contribution in [2.45, 2.75) is 13.3 Å². The van der Waals surface area contributed by atoms with Crippen LogP contribution >= 0.6 is 0 Å². The Kier molecular flexibility index (Phi) is 6.64. The molecule has 2 amide bonds. The number of amides is 2. The monoisotopic (exact) mass is 328 g/mol. The fourth-order valence-corrected chi connectivity index (χ4v) is 1.91. The van der Waals surface area contributed by atoms with Crippen molar-refractivity contribution in [1.82, 2.24) is 10.9 Å². The highest BCUT2D eigenvalue weighted by molar-refractivity contribution is 5.95. The van der Waals surface area contributed by atoms with Crippen molar-refractivity contribution in [1.29, 1.82) is 0 Å². The van der Waals surface area contributed by atoms with Crippen molar-refractivity contribution in [3.63, 3.8) is 0 Å². The summed E-state index contributed by atoms with van der Waals surface area (Å²) < 4.78 is 10.7. The van der Waals surface area contributed by atoms with Crippen LogP contribution in [0.1, 0.15) is 23.7 Å². The summed E-state index contributed by atoms with van der Waals surface area (Å²) in [5.74, 6) is 0.667. The zero-order chi connectivity index (χ0) is 17.2. The molecule has 0 saturated carbocycles. The number of rotatable bonds is 7. The topological polar surface area (TPSA) is 76.7 Å². The lowest BCUT2D eigenvalue weighted by molar-refractivity contribution is -0.122. The van der Waals surface area contributed by atoms with E-state index in [0.717, 1.165) is 0 Å². The van der Waals surface area contributed by atoms with E-state index in [0.29, 0.717) is 23.7 Å². The van der Waals surface area contributed by atoms with Gasteiger partial charge in [0.25, 0.3) is 5.91 Å². The second-order valence-electron chi connectivity index (χ2n) is 4.87. The van der Waals surface area contributed by atoms with Crippen molar-refractivity contribution in [3.05, 3.63) is 60.2 Å². The van der Waals surface area contributed by atoms with E-state index in [9.17, 15) is 9.59 Å². The molecule has 2 aromatic rings. The number of benzene rings is 2. The summed E-state index contributed by atoms with van der Waals surface area (Å²) in [5.41, 5.74) is 5.15. The highest BCUT2D eigenvalue weighted by atomic mass is 16.5. The van der Waals surface area contributed by atoms with Gasteiger partial charge in [0, 0.05) is 5.56 Å². The average Bonchev–Trinajstić information content (AvgIpc) is 2.61. The van der Waals surface area contributed by atoms with Gasteiger partial charge in [-0.2, -0.15) is 0 Å². The molecule has 6 nitrogen and oxygen atoms in total. The smallest absolute Gasteiger partial charge is 0.269 e. The Morgan fingerprint density at radius 3 is 2.21 bits per heavy atom. The Morgan fingerprint density at radius 2 is 1.54 bits per heavy atom.